The van der Waals surface area contributed by atoms with Crippen LogP contribution in [0.4, 0.5) is 11.4 Å². The van der Waals surface area contributed by atoms with Crippen molar-refractivity contribution in [2.24, 2.45) is 4.99 Å². The van der Waals surface area contributed by atoms with E-state index in [4.69, 9.17) is 16.3 Å². The van der Waals surface area contributed by atoms with E-state index in [-0.39, 0.29) is 33.6 Å². The second-order valence-electron chi connectivity index (χ2n) is 5.11. The van der Waals surface area contributed by atoms with Gasteiger partial charge in [-0.2, -0.15) is 0 Å². The highest BCUT2D eigenvalue weighted by atomic mass is 35.5. The highest BCUT2D eigenvalue weighted by Crippen LogP contribution is 2.27. The number of cyclic esters (lactones) is 1. The summed E-state index contributed by atoms with van der Waals surface area (Å²) in [6.07, 6.45) is 1.31. The molecule has 1 aliphatic heterocycles. The summed E-state index contributed by atoms with van der Waals surface area (Å²) < 4.78 is 5.03. The zero-order valence-corrected chi connectivity index (χ0v) is 13.5. The zero-order valence-electron chi connectivity index (χ0n) is 12.8. The molecule has 0 aliphatic carbocycles. The normalized spacial score (nSPS) is 14.9. The Hall–Kier alpha value is -3.59. The van der Waals surface area contributed by atoms with Crippen molar-refractivity contribution in [2.45, 2.75) is 0 Å². The van der Waals surface area contributed by atoms with Crippen LogP contribution in [0, 0.1) is 20.2 Å². The Morgan fingerprint density at radius 3 is 2.42 bits per heavy atom. The smallest absolute Gasteiger partial charge is 0.363 e. The molecule has 26 heavy (non-hydrogen) atoms. The second-order valence-corrected chi connectivity index (χ2v) is 5.52. The summed E-state index contributed by atoms with van der Waals surface area (Å²) in [7, 11) is 0. The van der Waals surface area contributed by atoms with Gasteiger partial charge in [-0.3, -0.25) is 20.2 Å². The predicted molar refractivity (Wildman–Crippen MR) is 91.8 cm³/mol. The van der Waals surface area contributed by atoms with Crippen LogP contribution in [-0.4, -0.2) is 21.7 Å². The lowest BCUT2D eigenvalue weighted by Crippen LogP contribution is -2.06. The molecule has 1 heterocycles. The highest BCUT2D eigenvalue weighted by Gasteiger charge is 2.27. The van der Waals surface area contributed by atoms with Crippen LogP contribution in [0.2, 0.25) is 5.02 Å². The Morgan fingerprint density at radius 2 is 1.73 bits per heavy atom. The second kappa shape index (κ2) is 6.73. The minimum Gasteiger partial charge on any atom is -0.402 e. The van der Waals surface area contributed by atoms with Crippen molar-refractivity contribution in [2.75, 3.05) is 0 Å². The molecular weight excluding hydrogens is 366 g/mol. The lowest BCUT2D eigenvalue weighted by molar-refractivity contribution is -0.385. The summed E-state index contributed by atoms with van der Waals surface area (Å²) in [5, 5.41) is 21.8. The molecule has 0 aromatic heterocycles. The topological polar surface area (TPSA) is 125 Å². The third-order valence-electron chi connectivity index (χ3n) is 3.40. The lowest BCUT2D eigenvalue weighted by Gasteiger charge is -2.02. The summed E-state index contributed by atoms with van der Waals surface area (Å²) in [5.74, 6) is -0.977. The van der Waals surface area contributed by atoms with Gasteiger partial charge in [-0.15, -0.1) is 0 Å². The number of halogens is 1. The number of hydrogen-bond donors (Lipinski definition) is 0. The molecule has 0 atom stereocenters. The van der Waals surface area contributed by atoms with E-state index in [0.717, 1.165) is 6.07 Å². The number of esters is 1. The first-order valence-electron chi connectivity index (χ1n) is 7.06. The fourth-order valence-corrected chi connectivity index (χ4v) is 2.40. The quantitative estimate of drug-likeness (QED) is 0.349. The SMILES string of the molecule is O=C1OC(c2cc([N+](=O)[O-])ccc2Cl)=N/C1=C/c1cccc([N+](=O)[O-])c1. The number of aliphatic imine (C=N–C) groups is 1. The van der Waals surface area contributed by atoms with Gasteiger partial charge in [-0.05, 0) is 17.7 Å². The average molecular weight is 374 g/mol. The molecule has 0 amide bonds. The molecule has 0 saturated heterocycles. The monoisotopic (exact) mass is 373 g/mol. The number of nitro benzene ring substituents is 2. The molecule has 2 aromatic rings. The molecule has 9 nitrogen and oxygen atoms in total. The van der Waals surface area contributed by atoms with Gasteiger partial charge < -0.3 is 4.74 Å². The third-order valence-corrected chi connectivity index (χ3v) is 3.73. The number of carbonyl (C=O) groups is 1. The maximum absolute atomic E-state index is 12.0. The Kier molecular flexibility index (Phi) is 4.46. The Balaban J connectivity index is 2.00. The maximum atomic E-state index is 12.0. The molecule has 0 fully saturated rings. The van der Waals surface area contributed by atoms with Crippen molar-refractivity contribution in [3.05, 3.63) is 84.5 Å². The minimum absolute atomic E-state index is 0.0941. The summed E-state index contributed by atoms with van der Waals surface area (Å²) in [5.41, 5.74) is -0.0167. The fraction of sp³-hybridized carbons (Fsp3) is 0. The molecule has 2 aromatic carbocycles. The van der Waals surface area contributed by atoms with Crippen LogP contribution >= 0.6 is 11.6 Å². The average Bonchev–Trinajstić information content (AvgIpc) is 2.95. The molecule has 3 rings (SSSR count). The van der Waals surface area contributed by atoms with E-state index in [9.17, 15) is 25.0 Å². The molecular formula is C16H8ClN3O6. The maximum Gasteiger partial charge on any atom is 0.363 e. The van der Waals surface area contributed by atoms with Gasteiger partial charge in [0.2, 0.25) is 5.90 Å². The number of hydrogen-bond acceptors (Lipinski definition) is 7. The molecule has 0 bridgehead atoms. The summed E-state index contributed by atoms with van der Waals surface area (Å²) in [6, 6.07) is 9.26. The molecule has 130 valence electrons. The first-order chi connectivity index (χ1) is 12.3. The molecule has 0 radical (unpaired) electrons. The first kappa shape index (κ1) is 17.2. The predicted octanol–water partition coefficient (Wildman–Crippen LogP) is 3.50. The molecule has 0 spiro atoms. The minimum atomic E-state index is -0.797. The summed E-state index contributed by atoms with van der Waals surface area (Å²) >= 11 is 6.00. The molecule has 0 saturated carbocycles. The number of rotatable bonds is 4. The number of ether oxygens (including phenoxy) is 1. The van der Waals surface area contributed by atoms with Gasteiger partial charge in [0.1, 0.15) is 0 Å². The lowest BCUT2D eigenvalue weighted by atomic mass is 10.1. The molecule has 0 unspecified atom stereocenters. The van der Waals surface area contributed by atoms with Crippen LogP contribution in [-0.2, 0) is 9.53 Å². The van der Waals surface area contributed by atoms with E-state index >= 15 is 0 Å². The molecule has 10 heteroatoms. The van der Waals surface area contributed by atoms with Crippen LogP contribution in [0.15, 0.2) is 53.2 Å². The van der Waals surface area contributed by atoms with Gasteiger partial charge in [-0.25, -0.2) is 9.79 Å². The largest absolute Gasteiger partial charge is 0.402 e. The number of nitro groups is 2. The number of nitrogens with zero attached hydrogens (tertiary/aromatic N) is 3. The van der Waals surface area contributed by atoms with Crippen LogP contribution in [0.5, 0.6) is 0 Å². The van der Waals surface area contributed by atoms with Gasteiger partial charge in [0.15, 0.2) is 5.70 Å². The summed E-state index contributed by atoms with van der Waals surface area (Å²) in [4.78, 5) is 36.5. The molecule has 0 N–H and O–H groups in total. The third kappa shape index (κ3) is 3.42. The van der Waals surface area contributed by atoms with E-state index < -0.39 is 15.8 Å². The van der Waals surface area contributed by atoms with Crippen molar-refractivity contribution in [1.29, 1.82) is 0 Å². The van der Waals surface area contributed by atoms with E-state index in [1.165, 1.54) is 36.4 Å². The Morgan fingerprint density at radius 1 is 1.04 bits per heavy atom. The number of carbonyl (C=O) groups excluding carboxylic acids is 1. The fourth-order valence-electron chi connectivity index (χ4n) is 2.20. The van der Waals surface area contributed by atoms with Gasteiger partial charge >= 0.3 is 5.97 Å². The van der Waals surface area contributed by atoms with Crippen LogP contribution in [0.25, 0.3) is 6.08 Å². The first-order valence-corrected chi connectivity index (χ1v) is 7.44. The van der Waals surface area contributed by atoms with Crippen molar-refractivity contribution in [3.8, 4) is 0 Å². The van der Waals surface area contributed by atoms with Crippen molar-refractivity contribution in [1.82, 2.24) is 0 Å². The highest BCUT2D eigenvalue weighted by molar-refractivity contribution is 6.34. The van der Waals surface area contributed by atoms with Crippen molar-refractivity contribution >= 4 is 40.9 Å². The van der Waals surface area contributed by atoms with Crippen molar-refractivity contribution < 1.29 is 19.4 Å². The van der Waals surface area contributed by atoms with Crippen LogP contribution in [0.1, 0.15) is 11.1 Å². The van der Waals surface area contributed by atoms with Crippen LogP contribution in [0.3, 0.4) is 0 Å². The van der Waals surface area contributed by atoms with Gasteiger partial charge in [0.05, 0.1) is 20.4 Å². The van der Waals surface area contributed by atoms with E-state index in [1.54, 1.807) is 6.07 Å². The van der Waals surface area contributed by atoms with Crippen LogP contribution < -0.4 is 0 Å². The van der Waals surface area contributed by atoms with Gasteiger partial charge in [0.25, 0.3) is 11.4 Å². The van der Waals surface area contributed by atoms with Crippen molar-refractivity contribution in [3.63, 3.8) is 0 Å². The zero-order chi connectivity index (χ0) is 18.8. The summed E-state index contributed by atoms with van der Waals surface area (Å²) in [6.45, 7) is 0. The van der Waals surface area contributed by atoms with E-state index in [2.05, 4.69) is 4.99 Å². The standard InChI is InChI=1S/C16H8ClN3O6/c17-13-5-4-11(20(24)25)8-12(13)15-18-14(16(21)26-15)7-9-2-1-3-10(6-9)19(22)23/h1-8H/b14-7+. The Labute approximate surface area is 150 Å². The van der Waals surface area contributed by atoms with Gasteiger partial charge in [-0.1, -0.05) is 23.7 Å². The van der Waals surface area contributed by atoms with E-state index in [0.29, 0.717) is 5.56 Å². The van der Waals surface area contributed by atoms with Gasteiger partial charge in [0, 0.05) is 24.3 Å². The number of non-ortho nitro benzene ring substituents is 2. The Bertz CT molecular complexity index is 1010. The molecule has 1 aliphatic rings. The van der Waals surface area contributed by atoms with E-state index in [1.807, 2.05) is 0 Å². The number of benzene rings is 2.